The van der Waals surface area contributed by atoms with Gasteiger partial charge in [0, 0.05) is 17.2 Å². The van der Waals surface area contributed by atoms with E-state index in [0.29, 0.717) is 11.3 Å². The van der Waals surface area contributed by atoms with Crippen molar-refractivity contribution in [3.63, 3.8) is 0 Å². The Morgan fingerprint density at radius 2 is 1.68 bits per heavy atom. The summed E-state index contributed by atoms with van der Waals surface area (Å²) < 4.78 is 0. The smallest absolute Gasteiger partial charge is 0.319 e. The highest BCUT2D eigenvalue weighted by atomic mass is 16.2. The number of benzene rings is 1. The third kappa shape index (κ3) is 4.91. The number of ketones is 2. The number of hydrogen-bond donors (Lipinski definition) is 2. The first kappa shape index (κ1) is 14.9. The van der Waals surface area contributed by atoms with Crippen LogP contribution in [0.2, 0.25) is 0 Å². The molecule has 1 aromatic rings. The van der Waals surface area contributed by atoms with Gasteiger partial charge in [-0.1, -0.05) is 13.8 Å². The summed E-state index contributed by atoms with van der Waals surface area (Å²) in [5, 5.41) is 5.07. The summed E-state index contributed by atoms with van der Waals surface area (Å²) in [6.45, 7) is 5.05. The topological polar surface area (TPSA) is 75.3 Å². The number of nitrogens with one attached hydrogen (secondary N) is 2. The molecule has 0 fully saturated rings. The van der Waals surface area contributed by atoms with E-state index in [9.17, 15) is 14.4 Å². The minimum Gasteiger partial charge on any atom is -0.331 e. The van der Waals surface area contributed by atoms with Crippen LogP contribution < -0.4 is 10.6 Å². The van der Waals surface area contributed by atoms with Crippen LogP contribution in [0.25, 0.3) is 0 Å². The number of anilines is 1. The van der Waals surface area contributed by atoms with Crippen molar-refractivity contribution in [2.45, 2.75) is 20.8 Å². The highest BCUT2D eigenvalue weighted by molar-refractivity contribution is 5.96. The molecule has 0 aliphatic heterocycles. The molecule has 0 saturated carbocycles. The predicted octanol–water partition coefficient (Wildman–Crippen LogP) is 2.24. The lowest BCUT2D eigenvalue weighted by atomic mass is 10.1. The molecule has 102 valence electrons. The van der Waals surface area contributed by atoms with Gasteiger partial charge in [0.05, 0.1) is 6.54 Å². The van der Waals surface area contributed by atoms with E-state index in [1.165, 1.54) is 6.92 Å². The van der Waals surface area contributed by atoms with Crippen molar-refractivity contribution in [1.29, 1.82) is 0 Å². The van der Waals surface area contributed by atoms with Gasteiger partial charge in [-0.25, -0.2) is 4.79 Å². The van der Waals surface area contributed by atoms with Gasteiger partial charge in [0.2, 0.25) is 0 Å². The maximum absolute atomic E-state index is 11.5. The molecule has 19 heavy (non-hydrogen) atoms. The van der Waals surface area contributed by atoms with Crippen LogP contribution in [0.15, 0.2) is 24.3 Å². The molecule has 1 aromatic carbocycles. The van der Waals surface area contributed by atoms with E-state index >= 15 is 0 Å². The molecule has 2 N–H and O–H groups in total. The van der Waals surface area contributed by atoms with Gasteiger partial charge in [0.25, 0.3) is 0 Å². The zero-order valence-corrected chi connectivity index (χ0v) is 11.3. The average Bonchev–Trinajstić information content (AvgIpc) is 2.36. The molecule has 0 unspecified atom stereocenters. The van der Waals surface area contributed by atoms with Gasteiger partial charge >= 0.3 is 6.03 Å². The van der Waals surface area contributed by atoms with E-state index < -0.39 is 6.03 Å². The second kappa shape index (κ2) is 6.68. The summed E-state index contributed by atoms with van der Waals surface area (Å²) in [5.41, 5.74) is 1.15. The monoisotopic (exact) mass is 262 g/mol. The van der Waals surface area contributed by atoms with Gasteiger partial charge in [-0.15, -0.1) is 0 Å². The van der Waals surface area contributed by atoms with Crippen LogP contribution in [0, 0.1) is 5.92 Å². The fourth-order valence-electron chi connectivity index (χ4n) is 1.34. The third-order valence-electron chi connectivity index (χ3n) is 2.62. The van der Waals surface area contributed by atoms with Crippen LogP contribution in [0.4, 0.5) is 10.5 Å². The number of carbonyl (C=O) groups excluding carboxylic acids is 3. The van der Waals surface area contributed by atoms with E-state index in [1.807, 2.05) is 0 Å². The average molecular weight is 262 g/mol. The van der Waals surface area contributed by atoms with E-state index in [-0.39, 0.29) is 24.0 Å². The number of urea groups is 1. The molecule has 0 atom stereocenters. The van der Waals surface area contributed by atoms with Crippen LogP contribution in [-0.4, -0.2) is 24.1 Å². The zero-order chi connectivity index (χ0) is 14.4. The Morgan fingerprint density at radius 1 is 1.11 bits per heavy atom. The van der Waals surface area contributed by atoms with Crippen molar-refractivity contribution in [3.05, 3.63) is 29.8 Å². The molecular formula is C14H18N2O3. The normalized spacial score (nSPS) is 10.1. The summed E-state index contributed by atoms with van der Waals surface area (Å²) in [4.78, 5) is 33.9. The maximum atomic E-state index is 11.5. The lowest BCUT2D eigenvalue weighted by molar-refractivity contribution is -0.120. The molecule has 0 spiro atoms. The summed E-state index contributed by atoms with van der Waals surface area (Å²) >= 11 is 0. The fourth-order valence-corrected chi connectivity index (χ4v) is 1.34. The van der Waals surface area contributed by atoms with Gasteiger partial charge in [-0.2, -0.15) is 0 Å². The number of carbonyl (C=O) groups is 3. The SMILES string of the molecule is CC(=O)c1ccc(NC(=O)NCC(=O)C(C)C)cc1. The first-order valence-corrected chi connectivity index (χ1v) is 6.08. The second-order valence-corrected chi connectivity index (χ2v) is 4.56. The highest BCUT2D eigenvalue weighted by Crippen LogP contribution is 2.09. The molecule has 1 rings (SSSR count). The van der Waals surface area contributed by atoms with Crippen molar-refractivity contribution in [2.75, 3.05) is 11.9 Å². The summed E-state index contributed by atoms with van der Waals surface area (Å²) in [6, 6.07) is 6.11. The van der Waals surface area contributed by atoms with E-state index in [1.54, 1.807) is 38.1 Å². The molecule has 0 bridgehead atoms. The van der Waals surface area contributed by atoms with E-state index in [0.717, 1.165) is 0 Å². The molecule has 0 heterocycles. The molecule has 2 amide bonds. The first-order valence-electron chi connectivity index (χ1n) is 6.08. The fraction of sp³-hybridized carbons (Fsp3) is 0.357. The number of Topliss-reactive ketones (excluding diaryl/α,β-unsaturated/α-hetero) is 2. The minimum atomic E-state index is -0.440. The largest absolute Gasteiger partial charge is 0.331 e. The standard InChI is InChI=1S/C14H18N2O3/c1-9(2)13(18)8-15-14(19)16-12-6-4-11(5-7-12)10(3)17/h4-7,9H,8H2,1-3H3,(H2,15,16,19). The summed E-state index contributed by atoms with van der Waals surface area (Å²) in [6.07, 6.45) is 0. The van der Waals surface area contributed by atoms with Gasteiger partial charge in [0.1, 0.15) is 0 Å². The lowest BCUT2D eigenvalue weighted by Crippen LogP contribution is -2.34. The molecule has 5 heteroatoms. The molecule has 0 saturated heterocycles. The van der Waals surface area contributed by atoms with Gasteiger partial charge in [0.15, 0.2) is 11.6 Å². The van der Waals surface area contributed by atoms with Crippen molar-refractivity contribution in [1.82, 2.24) is 5.32 Å². The summed E-state index contributed by atoms with van der Waals surface area (Å²) in [7, 11) is 0. The van der Waals surface area contributed by atoms with Crippen LogP contribution in [-0.2, 0) is 4.79 Å². The number of hydrogen-bond acceptors (Lipinski definition) is 3. The Labute approximate surface area is 112 Å². The molecule has 0 aliphatic rings. The van der Waals surface area contributed by atoms with Crippen LogP contribution >= 0.6 is 0 Å². The number of rotatable bonds is 5. The molecule has 0 aliphatic carbocycles. The van der Waals surface area contributed by atoms with Crippen molar-refractivity contribution >= 4 is 23.3 Å². The minimum absolute atomic E-state index is 0.00896. The zero-order valence-electron chi connectivity index (χ0n) is 11.3. The van der Waals surface area contributed by atoms with E-state index in [2.05, 4.69) is 10.6 Å². The Kier molecular flexibility index (Phi) is 5.23. The molecular weight excluding hydrogens is 244 g/mol. The van der Waals surface area contributed by atoms with Gasteiger partial charge in [-0.05, 0) is 31.2 Å². The molecule has 0 radical (unpaired) electrons. The van der Waals surface area contributed by atoms with Crippen LogP contribution in [0.3, 0.4) is 0 Å². The second-order valence-electron chi connectivity index (χ2n) is 4.56. The van der Waals surface area contributed by atoms with Crippen LogP contribution in [0.5, 0.6) is 0 Å². The Morgan fingerprint density at radius 3 is 2.16 bits per heavy atom. The van der Waals surface area contributed by atoms with E-state index in [4.69, 9.17) is 0 Å². The first-order chi connectivity index (χ1) is 8.90. The lowest BCUT2D eigenvalue weighted by Gasteiger charge is -2.08. The molecule has 5 nitrogen and oxygen atoms in total. The quantitative estimate of drug-likeness (QED) is 0.799. The maximum Gasteiger partial charge on any atom is 0.319 e. The Bertz CT molecular complexity index is 478. The third-order valence-corrected chi connectivity index (χ3v) is 2.62. The van der Waals surface area contributed by atoms with Crippen molar-refractivity contribution in [2.24, 2.45) is 5.92 Å². The predicted molar refractivity (Wildman–Crippen MR) is 73.3 cm³/mol. The van der Waals surface area contributed by atoms with Crippen molar-refractivity contribution < 1.29 is 14.4 Å². The van der Waals surface area contributed by atoms with Gasteiger partial charge in [-0.3, -0.25) is 9.59 Å². The van der Waals surface area contributed by atoms with Gasteiger partial charge < -0.3 is 10.6 Å². The molecule has 0 aromatic heterocycles. The summed E-state index contributed by atoms with van der Waals surface area (Å²) in [5.74, 6) is -0.157. The number of amides is 2. The Balaban J connectivity index is 2.48. The Hall–Kier alpha value is -2.17. The van der Waals surface area contributed by atoms with Crippen molar-refractivity contribution in [3.8, 4) is 0 Å². The van der Waals surface area contributed by atoms with Crippen LogP contribution in [0.1, 0.15) is 31.1 Å². The highest BCUT2D eigenvalue weighted by Gasteiger charge is 2.09.